The molecule has 0 radical (unpaired) electrons. The summed E-state index contributed by atoms with van der Waals surface area (Å²) in [6.45, 7) is 1.91. The Kier molecular flexibility index (Phi) is 1.02. The van der Waals surface area contributed by atoms with Crippen LogP contribution in [0.25, 0.3) is 0 Å². The summed E-state index contributed by atoms with van der Waals surface area (Å²) >= 11 is 0. The molecule has 1 aromatic rings. The maximum absolute atomic E-state index is 3.92. The maximum atomic E-state index is 3.92. The fraction of sp³-hybridized carbons (Fsp3) is 0.200. The molecule has 0 amide bonds. The molecule has 0 aliphatic rings. The molecule has 0 unspecified atom stereocenters. The van der Waals surface area contributed by atoms with Gasteiger partial charge in [-0.25, -0.2) is 0 Å². The summed E-state index contributed by atoms with van der Waals surface area (Å²) in [4.78, 5) is 7.74. The number of hydrogen-bond acceptors (Lipinski definition) is 2. The van der Waals surface area contributed by atoms with Gasteiger partial charge in [0.15, 0.2) is 0 Å². The maximum Gasteiger partial charge on any atom is 0.0555 e. The van der Waals surface area contributed by atoms with Crippen molar-refractivity contribution in [3.05, 3.63) is 24.3 Å². The van der Waals surface area contributed by atoms with E-state index in [0.29, 0.717) is 0 Å². The van der Waals surface area contributed by atoms with Gasteiger partial charge in [0, 0.05) is 20.0 Å². The van der Waals surface area contributed by atoms with E-state index in [4.69, 9.17) is 0 Å². The Morgan fingerprint density at radius 3 is 2.71 bits per heavy atom. The minimum absolute atomic E-state index is 0. The lowest BCUT2D eigenvalue weighted by atomic mass is 10.5. The Balaban J connectivity index is 0.000000490. The van der Waals surface area contributed by atoms with Crippen LogP contribution in [-0.4, -0.2) is 9.97 Å². The Morgan fingerprint density at radius 1 is 1.57 bits per heavy atom. The molecule has 2 heteroatoms. The molecule has 38 valence electrons. The van der Waals surface area contributed by atoms with Crippen LogP contribution in [0.5, 0.6) is 0 Å². The Labute approximate surface area is 43.7 Å². The predicted octanol–water partition coefficient (Wildman–Crippen LogP) is 1.03. The molecular weight excluding hydrogens is 88.1 g/mol. The summed E-state index contributed by atoms with van der Waals surface area (Å²) in [5, 5.41) is 0. The van der Waals surface area contributed by atoms with Gasteiger partial charge in [-0.15, -0.1) is 0 Å². The predicted molar refractivity (Wildman–Crippen MR) is 28.9 cm³/mol. The molecule has 1 heterocycles. The zero-order valence-corrected chi connectivity index (χ0v) is 4.13. The molecule has 2 nitrogen and oxygen atoms in total. The first-order valence-electron chi connectivity index (χ1n) is 2.12. The van der Waals surface area contributed by atoms with Gasteiger partial charge in [0.25, 0.3) is 0 Å². The van der Waals surface area contributed by atoms with Crippen LogP contribution in [0.15, 0.2) is 18.6 Å². The number of hydrogen-bond donors (Lipinski definition) is 0. The summed E-state index contributed by atoms with van der Waals surface area (Å²) in [7, 11) is 0. The summed E-state index contributed by atoms with van der Waals surface area (Å²) in [5.41, 5.74) is 0.961. The molecule has 0 aliphatic heterocycles. The van der Waals surface area contributed by atoms with Crippen molar-refractivity contribution in [2.45, 2.75) is 6.92 Å². The highest BCUT2D eigenvalue weighted by molar-refractivity contribution is 4.88. The minimum atomic E-state index is 0. The molecule has 1 rings (SSSR count). The summed E-state index contributed by atoms with van der Waals surface area (Å²) in [6.07, 6.45) is 5.06. The normalized spacial score (nSPS) is 8.71. The molecule has 0 aromatic carbocycles. The van der Waals surface area contributed by atoms with Crippen molar-refractivity contribution < 1.29 is 1.43 Å². The average molecular weight is 96.1 g/mol. The van der Waals surface area contributed by atoms with E-state index in [9.17, 15) is 0 Å². The molecule has 0 saturated heterocycles. The van der Waals surface area contributed by atoms with Crippen LogP contribution in [-0.2, 0) is 0 Å². The topological polar surface area (TPSA) is 25.8 Å². The van der Waals surface area contributed by atoms with Crippen molar-refractivity contribution >= 4 is 0 Å². The standard InChI is InChI=1S/C5H6N2.H2/c1-5-4-6-2-3-7-5;/h2-4H,1H3;1H. The van der Waals surface area contributed by atoms with Crippen LogP contribution in [0.3, 0.4) is 0 Å². The van der Waals surface area contributed by atoms with E-state index in [1.54, 1.807) is 18.6 Å². The van der Waals surface area contributed by atoms with E-state index in [2.05, 4.69) is 9.97 Å². The van der Waals surface area contributed by atoms with Gasteiger partial charge in [0.2, 0.25) is 0 Å². The van der Waals surface area contributed by atoms with Crippen molar-refractivity contribution in [3.63, 3.8) is 0 Å². The summed E-state index contributed by atoms with van der Waals surface area (Å²) in [5.74, 6) is 0. The monoisotopic (exact) mass is 96.1 g/mol. The SMILES string of the molecule is Cc1cnccn1.[HH]. The minimum Gasteiger partial charge on any atom is -0.261 e. The van der Waals surface area contributed by atoms with Gasteiger partial charge in [-0.1, -0.05) is 0 Å². The fourth-order valence-electron chi connectivity index (χ4n) is 0.374. The van der Waals surface area contributed by atoms with Gasteiger partial charge in [0.05, 0.1) is 5.69 Å². The van der Waals surface area contributed by atoms with Crippen LogP contribution in [0.4, 0.5) is 0 Å². The van der Waals surface area contributed by atoms with Crippen LogP contribution in [0.1, 0.15) is 7.12 Å². The van der Waals surface area contributed by atoms with Crippen LogP contribution >= 0.6 is 0 Å². The highest BCUT2D eigenvalue weighted by Crippen LogP contribution is 1.81. The second-order valence-corrected chi connectivity index (χ2v) is 1.35. The van der Waals surface area contributed by atoms with Gasteiger partial charge in [-0.2, -0.15) is 0 Å². The molecule has 0 spiro atoms. The third-order valence-electron chi connectivity index (χ3n) is 0.692. The van der Waals surface area contributed by atoms with E-state index in [0.717, 1.165) is 5.69 Å². The molecule has 0 aliphatic carbocycles. The highest BCUT2D eigenvalue weighted by Gasteiger charge is 1.74. The number of rotatable bonds is 0. The van der Waals surface area contributed by atoms with Gasteiger partial charge < -0.3 is 0 Å². The number of aryl methyl sites for hydroxylation is 1. The largest absolute Gasteiger partial charge is 0.261 e. The quantitative estimate of drug-likeness (QED) is 0.482. The third-order valence-corrected chi connectivity index (χ3v) is 0.692. The molecule has 0 bridgehead atoms. The highest BCUT2D eigenvalue weighted by atomic mass is 14.7. The van der Waals surface area contributed by atoms with Crippen LogP contribution in [0.2, 0.25) is 0 Å². The molecule has 1 aromatic heterocycles. The molecule has 0 saturated carbocycles. The van der Waals surface area contributed by atoms with Gasteiger partial charge in [0.1, 0.15) is 0 Å². The second kappa shape index (κ2) is 1.69. The van der Waals surface area contributed by atoms with Gasteiger partial charge in [-0.3, -0.25) is 9.97 Å². The second-order valence-electron chi connectivity index (χ2n) is 1.35. The van der Waals surface area contributed by atoms with Gasteiger partial charge in [-0.05, 0) is 6.92 Å². The van der Waals surface area contributed by atoms with E-state index in [1.807, 2.05) is 6.92 Å². The summed E-state index contributed by atoms with van der Waals surface area (Å²) in [6, 6.07) is 0. The van der Waals surface area contributed by atoms with E-state index < -0.39 is 0 Å². The first kappa shape index (κ1) is 4.24. The molecule has 0 atom stereocenters. The van der Waals surface area contributed by atoms with E-state index >= 15 is 0 Å². The van der Waals surface area contributed by atoms with Crippen LogP contribution in [0, 0.1) is 6.92 Å². The zero-order chi connectivity index (χ0) is 5.11. The van der Waals surface area contributed by atoms with Crippen molar-refractivity contribution in [2.24, 2.45) is 0 Å². The van der Waals surface area contributed by atoms with Crippen molar-refractivity contribution in [1.29, 1.82) is 0 Å². The number of nitrogens with zero attached hydrogens (tertiary/aromatic N) is 2. The zero-order valence-electron chi connectivity index (χ0n) is 4.13. The van der Waals surface area contributed by atoms with Crippen molar-refractivity contribution in [1.82, 2.24) is 9.97 Å². The van der Waals surface area contributed by atoms with Crippen molar-refractivity contribution in [3.8, 4) is 0 Å². The van der Waals surface area contributed by atoms with E-state index in [1.165, 1.54) is 0 Å². The lowest BCUT2D eigenvalue weighted by Gasteiger charge is -1.81. The van der Waals surface area contributed by atoms with Crippen molar-refractivity contribution in [2.75, 3.05) is 0 Å². The van der Waals surface area contributed by atoms with Crippen LogP contribution < -0.4 is 0 Å². The smallest absolute Gasteiger partial charge is 0.0555 e. The first-order chi connectivity index (χ1) is 3.39. The fourth-order valence-corrected chi connectivity index (χ4v) is 0.374. The first-order valence-corrected chi connectivity index (χ1v) is 2.12. The Bertz CT molecular complexity index is 140. The number of aromatic nitrogens is 2. The Morgan fingerprint density at radius 2 is 2.43 bits per heavy atom. The molecular formula is C5H8N2. The lowest BCUT2D eigenvalue weighted by Crippen LogP contribution is -1.77. The summed E-state index contributed by atoms with van der Waals surface area (Å²) < 4.78 is 0. The molecule has 0 N–H and O–H groups in total. The van der Waals surface area contributed by atoms with Gasteiger partial charge >= 0.3 is 0 Å². The third kappa shape index (κ3) is 0.961. The van der Waals surface area contributed by atoms with E-state index in [-0.39, 0.29) is 1.43 Å². The molecule has 0 fully saturated rings. The lowest BCUT2D eigenvalue weighted by molar-refractivity contribution is 1.12. The molecule has 7 heavy (non-hydrogen) atoms. The average Bonchev–Trinajstić information content (AvgIpc) is 1.69. The Hall–Kier alpha value is -0.920.